The fourth-order valence-corrected chi connectivity index (χ4v) is 2.72. The van der Waals surface area contributed by atoms with Crippen molar-refractivity contribution < 1.29 is 9.90 Å². The fourth-order valence-electron chi connectivity index (χ4n) is 2.72. The summed E-state index contributed by atoms with van der Waals surface area (Å²) in [7, 11) is 1.96. The number of nitrogens with one attached hydrogen (secondary N) is 1. The van der Waals surface area contributed by atoms with E-state index in [1.807, 2.05) is 43.4 Å². The minimum absolute atomic E-state index is 0.0765. The highest BCUT2D eigenvalue weighted by Gasteiger charge is 2.17. The van der Waals surface area contributed by atoms with Gasteiger partial charge in [-0.2, -0.15) is 5.26 Å². The zero-order valence-corrected chi connectivity index (χ0v) is 14.4. The second-order valence-electron chi connectivity index (χ2n) is 5.91. The monoisotopic (exact) mass is 337 g/mol. The Morgan fingerprint density at radius 3 is 2.48 bits per heavy atom. The summed E-state index contributed by atoms with van der Waals surface area (Å²) in [4.78, 5) is 14.2. The van der Waals surface area contributed by atoms with Gasteiger partial charge < -0.3 is 10.4 Å². The van der Waals surface area contributed by atoms with Crippen LogP contribution in [0.1, 0.15) is 30.0 Å². The Kier molecular flexibility index (Phi) is 7.15. The van der Waals surface area contributed by atoms with Gasteiger partial charge >= 0.3 is 0 Å². The van der Waals surface area contributed by atoms with Crippen molar-refractivity contribution in [3.63, 3.8) is 0 Å². The molecule has 2 aromatic rings. The van der Waals surface area contributed by atoms with Crippen LogP contribution in [0.2, 0.25) is 0 Å². The molecule has 5 heteroatoms. The van der Waals surface area contributed by atoms with Gasteiger partial charge in [-0.3, -0.25) is 9.69 Å². The third kappa shape index (κ3) is 5.71. The highest BCUT2D eigenvalue weighted by molar-refractivity contribution is 5.90. The van der Waals surface area contributed by atoms with Gasteiger partial charge in [-0.25, -0.2) is 0 Å². The van der Waals surface area contributed by atoms with Crippen molar-refractivity contribution in [2.75, 3.05) is 25.5 Å². The summed E-state index contributed by atoms with van der Waals surface area (Å²) < 4.78 is 0. The van der Waals surface area contributed by atoms with Crippen molar-refractivity contribution in [3.05, 3.63) is 65.7 Å². The molecular formula is C20H23N3O2. The Hall–Kier alpha value is -2.68. The maximum atomic E-state index is 12.1. The number of amides is 1. The molecule has 130 valence electrons. The molecule has 0 fully saturated rings. The number of rotatable bonds is 8. The zero-order valence-electron chi connectivity index (χ0n) is 14.4. The summed E-state index contributed by atoms with van der Waals surface area (Å²) in [6.45, 7) is 0.684. The lowest BCUT2D eigenvalue weighted by Crippen LogP contribution is -2.29. The number of nitriles is 1. The van der Waals surface area contributed by atoms with Gasteiger partial charge in [0, 0.05) is 31.3 Å². The Labute approximate surface area is 148 Å². The Bertz CT molecular complexity index is 708. The standard InChI is InChI=1S/C20H23N3O2/c1-23(19(12-14-24)17-5-3-2-4-6-17)13-11-20(25)22-18-9-7-16(15-21)8-10-18/h2-10,19,24H,11-14H2,1H3,(H,22,25). The SMILES string of the molecule is CN(CCC(=O)Nc1ccc(C#N)cc1)C(CCO)c1ccccc1. The molecule has 25 heavy (non-hydrogen) atoms. The lowest BCUT2D eigenvalue weighted by atomic mass is 10.0. The summed E-state index contributed by atoms with van der Waals surface area (Å²) in [6, 6.07) is 18.9. The minimum Gasteiger partial charge on any atom is -0.396 e. The molecule has 1 amide bonds. The molecule has 0 aromatic heterocycles. The first-order chi connectivity index (χ1) is 12.1. The highest BCUT2D eigenvalue weighted by Crippen LogP contribution is 2.22. The molecule has 0 heterocycles. The predicted molar refractivity (Wildman–Crippen MR) is 97.9 cm³/mol. The van der Waals surface area contributed by atoms with E-state index in [4.69, 9.17) is 5.26 Å². The average molecular weight is 337 g/mol. The molecule has 0 spiro atoms. The van der Waals surface area contributed by atoms with E-state index in [2.05, 4.69) is 10.2 Å². The lowest BCUT2D eigenvalue weighted by Gasteiger charge is -2.28. The first-order valence-electron chi connectivity index (χ1n) is 8.30. The van der Waals surface area contributed by atoms with Crippen molar-refractivity contribution in [2.24, 2.45) is 0 Å². The van der Waals surface area contributed by atoms with E-state index >= 15 is 0 Å². The Morgan fingerprint density at radius 1 is 1.20 bits per heavy atom. The van der Waals surface area contributed by atoms with Gasteiger partial charge in [0.05, 0.1) is 11.6 Å². The first-order valence-corrected chi connectivity index (χ1v) is 8.30. The van der Waals surface area contributed by atoms with E-state index in [0.717, 1.165) is 5.56 Å². The zero-order chi connectivity index (χ0) is 18.1. The maximum Gasteiger partial charge on any atom is 0.225 e. The number of nitrogens with zero attached hydrogens (tertiary/aromatic N) is 2. The van der Waals surface area contributed by atoms with Crippen molar-refractivity contribution >= 4 is 11.6 Å². The van der Waals surface area contributed by atoms with Gasteiger partial charge in [-0.15, -0.1) is 0 Å². The van der Waals surface area contributed by atoms with Gasteiger partial charge in [-0.05, 0) is 43.3 Å². The summed E-state index contributed by atoms with van der Waals surface area (Å²) >= 11 is 0. The number of anilines is 1. The Morgan fingerprint density at radius 2 is 1.88 bits per heavy atom. The van der Waals surface area contributed by atoms with Crippen LogP contribution in [0.15, 0.2) is 54.6 Å². The second-order valence-corrected chi connectivity index (χ2v) is 5.91. The van der Waals surface area contributed by atoms with Crippen molar-refractivity contribution in [2.45, 2.75) is 18.9 Å². The van der Waals surface area contributed by atoms with Crippen LogP contribution < -0.4 is 5.32 Å². The lowest BCUT2D eigenvalue weighted by molar-refractivity contribution is -0.116. The van der Waals surface area contributed by atoms with Gasteiger partial charge in [0.2, 0.25) is 5.91 Å². The molecule has 2 aromatic carbocycles. The van der Waals surface area contributed by atoms with Crippen LogP contribution in [0.25, 0.3) is 0 Å². The summed E-state index contributed by atoms with van der Waals surface area (Å²) in [6.07, 6.45) is 0.975. The molecule has 0 aliphatic heterocycles. The van der Waals surface area contributed by atoms with Crippen molar-refractivity contribution in [1.29, 1.82) is 5.26 Å². The molecule has 0 saturated carbocycles. The van der Waals surface area contributed by atoms with Crippen LogP contribution in [-0.2, 0) is 4.79 Å². The molecule has 2 N–H and O–H groups in total. The molecular weight excluding hydrogens is 314 g/mol. The molecule has 0 aliphatic rings. The molecule has 0 bridgehead atoms. The molecule has 0 aliphatic carbocycles. The molecule has 0 radical (unpaired) electrons. The summed E-state index contributed by atoms with van der Waals surface area (Å²) in [5.74, 6) is -0.0765. The number of carbonyl (C=O) groups excluding carboxylic acids is 1. The van der Waals surface area contributed by atoms with Crippen LogP contribution in [0.3, 0.4) is 0 Å². The molecule has 5 nitrogen and oxygen atoms in total. The molecule has 0 saturated heterocycles. The smallest absolute Gasteiger partial charge is 0.225 e. The predicted octanol–water partition coefficient (Wildman–Crippen LogP) is 2.94. The quantitative estimate of drug-likeness (QED) is 0.776. The third-order valence-corrected chi connectivity index (χ3v) is 4.11. The average Bonchev–Trinajstić information content (AvgIpc) is 2.65. The Balaban J connectivity index is 1.89. The molecule has 1 atom stereocenters. The van der Waals surface area contributed by atoms with Crippen LogP contribution in [-0.4, -0.2) is 36.1 Å². The maximum absolute atomic E-state index is 12.1. The number of aliphatic hydroxyl groups excluding tert-OH is 1. The van der Waals surface area contributed by atoms with Gasteiger partial charge in [0.1, 0.15) is 0 Å². The topological polar surface area (TPSA) is 76.4 Å². The normalized spacial score (nSPS) is 11.8. The fraction of sp³-hybridized carbons (Fsp3) is 0.300. The van der Waals surface area contributed by atoms with Gasteiger partial charge in [0.15, 0.2) is 0 Å². The van der Waals surface area contributed by atoms with Crippen LogP contribution in [0.5, 0.6) is 0 Å². The van der Waals surface area contributed by atoms with E-state index < -0.39 is 0 Å². The first kappa shape index (κ1) is 18.7. The summed E-state index contributed by atoms with van der Waals surface area (Å²) in [5.41, 5.74) is 2.38. The van der Waals surface area contributed by atoms with Gasteiger partial charge in [0.25, 0.3) is 0 Å². The van der Waals surface area contributed by atoms with Crippen LogP contribution in [0.4, 0.5) is 5.69 Å². The minimum atomic E-state index is -0.0765. The van der Waals surface area contributed by atoms with E-state index in [0.29, 0.717) is 30.6 Å². The summed E-state index contributed by atoms with van der Waals surface area (Å²) in [5, 5.41) is 21.0. The van der Waals surface area contributed by atoms with E-state index in [1.165, 1.54) is 0 Å². The second kappa shape index (κ2) is 9.58. The largest absolute Gasteiger partial charge is 0.396 e. The number of hydrogen-bond donors (Lipinski definition) is 2. The number of hydrogen-bond acceptors (Lipinski definition) is 4. The number of aliphatic hydroxyl groups is 1. The highest BCUT2D eigenvalue weighted by atomic mass is 16.3. The van der Waals surface area contributed by atoms with E-state index in [1.54, 1.807) is 24.3 Å². The van der Waals surface area contributed by atoms with Gasteiger partial charge in [-0.1, -0.05) is 30.3 Å². The number of carbonyl (C=O) groups is 1. The van der Waals surface area contributed by atoms with Crippen molar-refractivity contribution in [3.8, 4) is 6.07 Å². The van der Waals surface area contributed by atoms with E-state index in [9.17, 15) is 9.90 Å². The van der Waals surface area contributed by atoms with Crippen molar-refractivity contribution in [1.82, 2.24) is 4.90 Å². The van der Waals surface area contributed by atoms with E-state index in [-0.39, 0.29) is 18.6 Å². The number of benzene rings is 2. The van der Waals surface area contributed by atoms with Crippen LogP contribution >= 0.6 is 0 Å². The third-order valence-electron chi connectivity index (χ3n) is 4.11. The van der Waals surface area contributed by atoms with Crippen LogP contribution in [0, 0.1) is 11.3 Å². The molecule has 1 unspecified atom stereocenters. The molecule has 2 rings (SSSR count).